The molecule has 0 spiro atoms. The standard InChI is InChI=1S/C20H30N4O4S/c1-5-28-15-7-6-12-24(14-15)20(25)11-10-19-21-17-13-16(29(26,27)22(2)3)8-9-18(17)23(19)4/h8-9,13,15H,5-7,10-12,14H2,1-4H3/t15-/m0/s1. The highest BCUT2D eigenvalue weighted by Crippen LogP contribution is 2.22. The first kappa shape index (κ1) is 21.7. The fourth-order valence-electron chi connectivity index (χ4n) is 3.74. The van der Waals surface area contributed by atoms with Gasteiger partial charge in [0.2, 0.25) is 15.9 Å². The van der Waals surface area contributed by atoms with Crippen molar-refractivity contribution in [3.8, 4) is 0 Å². The van der Waals surface area contributed by atoms with Gasteiger partial charge in [0.25, 0.3) is 0 Å². The second kappa shape index (κ2) is 8.81. The van der Waals surface area contributed by atoms with Gasteiger partial charge in [-0.25, -0.2) is 17.7 Å². The lowest BCUT2D eigenvalue weighted by Crippen LogP contribution is -2.43. The molecule has 29 heavy (non-hydrogen) atoms. The number of aryl methyl sites for hydroxylation is 2. The highest BCUT2D eigenvalue weighted by atomic mass is 32.2. The van der Waals surface area contributed by atoms with E-state index >= 15 is 0 Å². The first-order chi connectivity index (χ1) is 13.7. The molecule has 1 fully saturated rings. The molecule has 0 N–H and O–H groups in total. The van der Waals surface area contributed by atoms with Gasteiger partial charge in [-0.1, -0.05) is 0 Å². The maximum atomic E-state index is 12.7. The number of rotatable bonds is 7. The highest BCUT2D eigenvalue weighted by molar-refractivity contribution is 7.89. The minimum Gasteiger partial charge on any atom is -0.377 e. The first-order valence-corrected chi connectivity index (χ1v) is 11.4. The number of carbonyl (C=O) groups is 1. The van der Waals surface area contributed by atoms with Crippen LogP contribution in [0.5, 0.6) is 0 Å². The molecule has 0 unspecified atom stereocenters. The Balaban J connectivity index is 1.72. The smallest absolute Gasteiger partial charge is 0.242 e. The number of fused-ring (bicyclic) bond motifs is 1. The predicted octanol–water partition coefficient (Wildman–Crippen LogP) is 1.78. The van der Waals surface area contributed by atoms with Crippen LogP contribution in [0.15, 0.2) is 23.1 Å². The van der Waals surface area contributed by atoms with Crippen LogP contribution >= 0.6 is 0 Å². The number of amides is 1. The molecule has 1 atom stereocenters. The summed E-state index contributed by atoms with van der Waals surface area (Å²) >= 11 is 0. The Morgan fingerprint density at radius 2 is 2.10 bits per heavy atom. The van der Waals surface area contributed by atoms with Gasteiger partial charge in [-0.05, 0) is 38.0 Å². The van der Waals surface area contributed by atoms with E-state index in [1.54, 1.807) is 18.2 Å². The van der Waals surface area contributed by atoms with E-state index in [9.17, 15) is 13.2 Å². The average Bonchev–Trinajstić information content (AvgIpc) is 3.01. The summed E-state index contributed by atoms with van der Waals surface area (Å²) in [5.41, 5.74) is 1.46. The zero-order valence-electron chi connectivity index (χ0n) is 17.6. The Bertz CT molecular complexity index is 982. The van der Waals surface area contributed by atoms with Gasteiger partial charge in [-0.15, -0.1) is 0 Å². The zero-order chi connectivity index (χ0) is 21.2. The van der Waals surface area contributed by atoms with E-state index in [-0.39, 0.29) is 16.9 Å². The lowest BCUT2D eigenvalue weighted by molar-refractivity contribution is -0.135. The lowest BCUT2D eigenvalue weighted by Gasteiger charge is -2.32. The molecular formula is C20H30N4O4S. The number of aromatic nitrogens is 2. The lowest BCUT2D eigenvalue weighted by atomic mass is 10.1. The summed E-state index contributed by atoms with van der Waals surface area (Å²) in [6.45, 7) is 4.07. The third kappa shape index (κ3) is 4.62. The highest BCUT2D eigenvalue weighted by Gasteiger charge is 2.24. The topological polar surface area (TPSA) is 84.7 Å². The number of likely N-dealkylation sites (tertiary alicyclic amines) is 1. The summed E-state index contributed by atoms with van der Waals surface area (Å²) in [4.78, 5) is 19.3. The summed E-state index contributed by atoms with van der Waals surface area (Å²) in [6, 6.07) is 4.95. The molecule has 0 saturated carbocycles. The Labute approximate surface area is 172 Å². The number of hydrogen-bond donors (Lipinski definition) is 0. The van der Waals surface area contributed by atoms with E-state index in [1.165, 1.54) is 18.4 Å². The van der Waals surface area contributed by atoms with Crippen LogP contribution in [0.4, 0.5) is 0 Å². The molecule has 2 aromatic rings. The largest absolute Gasteiger partial charge is 0.377 e. The number of nitrogens with zero attached hydrogens (tertiary/aromatic N) is 4. The van der Waals surface area contributed by atoms with Gasteiger partial charge < -0.3 is 14.2 Å². The number of imidazole rings is 1. The second-order valence-electron chi connectivity index (χ2n) is 7.58. The summed E-state index contributed by atoms with van der Waals surface area (Å²) in [7, 11) is 1.39. The second-order valence-corrected chi connectivity index (χ2v) is 9.74. The molecule has 1 aliphatic heterocycles. The van der Waals surface area contributed by atoms with Crippen LogP contribution in [0.25, 0.3) is 11.0 Å². The molecule has 9 heteroatoms. The normalized spacial score (nSPS) is 18.0. The van der Waals surface area contributed by atoms with Crippen molar-refractivity contribution < 1.29 is 17.9 Å². The molecule has 1 aromatic carbocycles. The van der Waals surface area contributed by atoms with E-state index < -0.39 is 10.0 Å². The number of sulfonamides is 1. The van der Waals surface area contributed by atoms with Crippen LogP contribution in [-0.2, 0) is 33.0 Å². The quantitative estimate of drug-likeness (QED) is 0.679. The molecule has 1 amide bonds. The van der Waals surface area contributed by atoms with Gasteiger partial charge in [0, 0.05) is 53.7 Å². The minimum absolute atomic E-state index is 0.109. The van der Waals surface area contributed by atoms with Crippen LogP contribution in [0.2, 0.25) is 0 Å². The fraction of sp³-hybridized carbons (Fsp3) is 0.600. The zero-order valence-corrected chi connectivity index (χ0v) is 18.4. The van der Waals surface area contributed by atoms with Crippen molar-refractivity contribution in [3.05, 3.63) is 24.0 Å². The third-order valence-corrected chi connectivity index (χ3v) is 7.23. The molecule has 1 aromatic heterocycles. The number of carbonyl (C=O) groups excluding carboxylic acids is 1. The predicted molar refractivity (Wildman–Crippen MR) is 111 cm³/mol. The monoisotopic (exact) mass is 422 g/mol. The third-order valence-electron chi connectivity index (χ3n) is 5.42. The van der Waals surface area contributed by atoms with Crippen LogP contribution in [-0.4, -0.2) is 73.0 Å². The fourth-order valence-corrected chi connectivity index (χ4v) is 4.66. The van der Waals surface area contributed by atoms with Crippen molar-refractivity contribution in [1.29, 1.82) is 0 Å². The van der Waals surface area contributed by atoms with Crippen LogP contribution in [0.1, 0.15) is 32.0 Å². The van der Waals surface area contributed by atoms with E-state index in [0.29, 0.717) is 31.5 Å². The SMILES string of the molecule is CCO[C@H]1CCCN(C(=O)CCc2nc3cc(S(=O)(=O)N(C)C)ccc3n2C)C1. The van der Waals surface area contributed by atoms with Crippen LogP contribution < -0.4 is 0 Å². The number of hydrogen-bond acceptors (Lipinski definition) is 5. The van der Waals surface area contributed by atoms with E-state index in [1.807, 2.05) is 23.4 Å². The first-order valence-electron chi connectivity index (χ1n) is 10.0. The van der Waals surface area contributed by atoms with E-state index in [0.717, 1.165) is 30.7 Å². The van der Waals surface area contributed by atoms with E-state index in [2.05, 4.69) is 4.98 Å². The molecule has 0 radical (unpaired) electrons. The Kier molecular flexibility index (Phi) is 6.60. The van der Waals surface area contributed by atoms with Crippen molar-refractivity contribution in [2.45, 2.75) is 43.6 Å². The van der Waals surface area contributed by atoms with Crippen molar-refractivity contribution in [1.82, 2.24) is 18.8 Å². The molecule has 3 rings (SSSR count). The Morgan fingerprint density at radius 1 is 1.34 bits per heavy atom. The van der Waals surface area contributed by atoms with Gasteiger partial charge in [0.05, 0.1) is 22.0 Å². The number of benzene rings is 1. The molecular weight excluding hydrogens is 392 g/mol. The van der Waals surface area contributed by atoms with Gasteiger partial charge in [0.1, 0.15) is 5.82 Å². The summed E-state index contributed by atoms with van der Waals surface area (Å²) < 4.78 is 33.5. The number of ether oxygens (including phenoxy) is 1. The molecule has 0 aliphatic carbocycles. The van der Waals surface area contributed by atoms with Crippen LogP contribution in [0.3, 0.4) is 0 Å². The van der Waals surface area contributed by atoms with Gasteiger partial charge in [0.15, 0.2) is 0 Å². The maximum Gasteiger partial charge on any atom is 0.242 e. The summed E-state index contributed by atoms with van der Waals surface area (Å²) in [5, 5.41) is 0. The van der Waals surface area contributed by atoms with Crippen molar-refractivity contribution in [2.75, 3.05) is 33.8 Å². The Hall–Kier alpha value is -1.97. The van der Waals surface area contributed by atoms with Crippen molar-refractivity contribution >= 4 is 27.0 Å². The molecule has 1 aliphatic rings. The molecule has 8 nitrogen and oxygen atoms in total. The van der Waals surface area contributed by atoms with E-state index in [4.69, 9.17) is 4.74 Å². The average molecular weight is 423 g/mol. The van der Waals surface area contributed by atoms with Gasteiger partial charge >= 0.3 is 0 Å². The Morgan fingerprint density at radius 3 is 2.79 bits per heavy atom. The number of piperidine rings is 1. The molecule has 0 bridgehead atoms. The van der Waals surface area contributed by atoms with Crippen LogP contribution in [0, 0.1) is 0 Å². The summed E-state index contributed by atoms with van der Waals surface area (Å²) in [5.74, 6) is 0.878. The minimum atomic E-state index is -3.51. The molecule has 1 saturated heterocycles. The van der Waals surface area contributed by atoms with Gasteiger partial charge in [-0.2, -0.15) is 0 Å². The summed E-state index contributed by atoms with van der Waals surface area (Å²) in [6.07, 6.45) is 2.98. The maximum absolute atomic E-state index is 12.7. The van der Waals surface area contributed by atoms with Gasteiger partial charge in [-0.3, -0.25) is 4.79 Å². The van der Waals surface area contributed by atoms with Crippen molar-refractivity contribution in [2.24, 2.45) is 7.05 Å². The molecule has 2 heterocycles. The molecule has 160 valence electrons. The van der Waals surface area contributed by atoms with Crippen molar-refractivity contribution in [3.63, 3.8) is 0 Å².